The van der Waals surface area contributed by atoms with Crippen LogP contribution in [-0.4, -0.2) is 38.3 Å². The van der Waals surface area contributed by atoms with Gasteiger partial charge in [0.05, 0.1) is 10.6 Å². The van der Waals surface area contributed by atoms with E-state index in [2.05, 4.69) is 12.2 Å². The molecule has 1 aliphatic rings. The molecule has 2 aromatic carbocycles. The second-order valence-corrected chi connectivity index (χ2v) is 8.81. The summed E-state index contributed by atoms with van der Waals surface area (Å²) in [6, 6.07) is 11.8. The van der Waals surface area contributed by atoms with Crippen molar-refractivity contribution in [3.05, 3.63) is 54.3 Å². The number of para-hydroxylation sites is 1. The maximum atomic E-state index is 13.5. The van der Waals surface area contributed by atoms with Crippen LogP contribution in [0, 0.1) is 11.7 Å². The maximum absolute atomic E-state index is 13.5. The van der Waals surface area contributed by atoms with Gasteiger partial charge in [0.2, 0.25) is 10.0 Å². The number of nitrogens with zero attached hydrogens (tertiary/aromatic N) is 1. The first-order valence-corrected chi connectivity index (χ1v) is 10.6. The SMILES string of the molecule is CC1CCN(S(=O)(=O)c2ccc(OCC(=O)Nc3ccccc3F)cc2)CC1. The third-order valence-electron chi connectivity index (χ3n) is 4.72. The second-order valence-electron chi connectivity index (χ2n) is 6.87. The van der Waals surface area contributed by atoms with Crippen molar-refractivity contribution in [2.45, 2.75) is 24.7 Å². The normalized spacial score (nSPS) is 15.9. The van der Waals surface area contributed by atoms with Gasteiger partial charge in [-0.25, -0.2) is 12.8 Å². The highest BCUT2D eigenvalue weighted by molar-refractivity contribution is 7.89. The van der Waals surface area contributed by atoms with Crippen molar-refractivity contribution in [3.8, 4) is 5.75 Å². The number of ether oxygens (including phenoxy) is 1. The minimum absolute atomic E-state index is 0.0772. The molecule has 0 atom stereocenters. The van der Waals surface area contributed by atoms with Gasteiger partial charge in [0, 0.05) is 13.1 Å². The molecule has 8 heteroatoms. The molecular formula is C20H23FN2O4S. The fourth-order valence-electron chi connectivity index (χ4n) is 2.98. The molecular weight excluding hydrogens is 383 g/mol. The Bertz CT molecular complexity index is 923. The maximum Gasteiger partial charge on any atom is 0.262 e. The molecule has 0 radical (unpaired) electrons. The average Bonchev–Trinajstić information content (AvgIpc) is 2.69. The molecule has 1 amide bonds. The Labute approximate surface area is 164 Å². The average molecular weight is 406 g/mol. The summed E-state index contributed by atoms with van der Waals surface area (Å²) in [6.07, 6.45) is 1.72. The number of carbonyl (C=O) groups is 1. The van der Waals surface area contributed by atoms with Crippen LogP contribution in [-0.2, 0) is 14.8 Å². The zero-order valence-corrected chi connectivity index (χ0v) is 16.4. The smallest absolute Gasteiger partial charge is 0.262 e. The Balaban J connectivity index is 1.57. The van der Waals surface area contributed by atoms with Gasteiger partial charge < -0.3 is 10.1 Å². The summed E-state index contributed by atoms with van der Waals surface area (Å²) < 4.78 is 45.8. The number of nitrogens with one attached hydrogen (secondary N) is 1. The summed E-state index contributed by atoms with van der Waals surface area (Å²) >= 11 is 0. The van der Waals surface area contributed by atoms with Gasteiger partial charge in [-0.1, -0.05) is 19.1 Å². The van der Waals surface area contributed by atoms with Gasteiger partial charge in [-0.15, -0.1) is 0 Å². The summed E-state index contributed by atoms with van der Waals surface area (Å²) in [6.45, 7) is 2.86. The second kappa shape index (κ2) is 8.70. The third-order valence-corrected chi connectivity index (χ3v) is 6.63. The van der Waals surface area contributed by atoms with Crippen LogP contribution in [0.25, 0.3) is 0 Å². The van der Waals surface area contributed by atoms with Gasteiger partial charge in [-0.05, 0) is 55.2 Å². The van der Waals surface area contributed by atoms with Crippen LogP contribution in [0.4, 0.5) is 10.1 Å². The predicted molar refractivity (Wildman–Crippen MR) is 104 cm³/mol. The number of rotatable bonds is 6. The lowest BCUT2D eigenvalue weighted by atomic mass is 10.0. The molecule has 1 aliphatic heterocycles. The molecule has 3 rings (SSSR count). The molecule has 150 valence electrons. The van der Waals surface area contributed by atoms with E-state index < -0.39 is 21.7 Å². The van der Waals surface area contributed by atoms with E-state index in [0.717, 1.165) is 12.8 Å². The number of anilines is 1. The van der Waals surface area contributed by atoms with E-state index >= 15 is 0 Å². The van der Waals surface area contributed by atoms with E-state index in [1.165, 1.54) is 46.8 Å². The van der Waals surface area contributed by atoms with E-state index in [0.29, 0.717) is 24.8 Å². The highest BCUT2D eigenvalue weighted by Gasteiger charge is 2.27. The van der Waals surface area contributed by atoms with Crippen LogP contribution in [0.2, 0.25) is 0 Å². The molecule has 0 spiro atoms. The van der Waals surface area contributed by atoms with E-state index in [1.807, 2.05) is 0 Å². The van der Waals surface area contributed by atoms with Crippen LogP contribution in [0.15, 0.2) is 53.4 Å². The van der Waals surface area contributed by atoms with Gasteiger partial charge in [-0.3, -0.25) is 4.79 Å². The monoisotopic (exact) mass is 406 g/mol. The Morgan fingerprint density at radius 3 is 2.43 bits per heavy atom. The number of carbonyl (C=O) groups excluding carboxylic acids is 1. The molecule has 1 N–H and O–H groups in total. The lowest BCUT2D eigenvalue weighted by Gasteiger charge is -2.29. The molecule has 1 fully saturated rings. The number of sulfonamides is 1. The van der Waals surface area contributed by atoms with Crippen molar-refractivity contribution < 1.29 is 22.3 Å². The molecule has 0 saturated carbocycles. The molecule has 1 saturated heterocycles. The molecule has 6 nitrogen and oxygen atoms in total. The first-order chi connectivity index (χ1) is 13.4. The highest BCUT2D eigenvalue weighted by Crippen LogP contribution is 2.24. The topological polar surface area (TPSA) is 75.7 Å². The summed E-state index contributed by atoms with van der Waals surface area (Å²) in [4.78, 5) is 12.1. The van der Waals surface area contributed by atoms with Gasteiger partial charge >= 0.3 is 0 Å². The number of hydrogen-bond acceptors (Lipinski definition) is 4. The van der Waals surface area contributed by atoms with Crippen LogP contribution in [0.1, 0.15) is 19.8 Å². The summed E-state index contributed by atoms with van der Waals surface area (Å²) in [5.74, 6) is -0.144. The van der Waals surface area contributed by atoms with Gasteiger partial charge in [0.1, 0.15) is 11.6 Å². The standard InChI is InChI=1S/C20H23FN2O4S/c1-15-10-12-23(13-11-15)28(25,26)17-8-6-16(7-9-17)27-14-20(24)22-19-5-3-2-4-18(19)21/h2-9,15H,10-14H2,1H3,(H,22,24). The number of halogens is 1. The van der Waals surface area contributed by atoms with E-state index in [1.54, 1.807) is 6.07 Å². The molecule has 28 heavy (non-hydrogen) atoms. The minimum Gasteiger partial charge on any atom is -0.484 e. The fraction of sp³-hybridized carbons (Fsp3) is 0.350. The third kappa shape index (κ3) is 4.88. The molecule has 2 aromatic rings. The van der Waals surface area contributed by atoms with Crippen molar-refractivity contribution in [2.24, 2.45) is 5.92 Å². The molecule has 0 bridgehead atoms. The van der Waals surface area contributed by atoms with Crippen LogP contribution in [0.5, 0.6) is 5.75 Å². The van der Waals surface area contributed by atoms with Gasteiger partial charge in [-0.2, -0.15) is 4.31 Å². The van der Waals surface area contributed by atoms with E-state index in [4.69, 9.17) is 4.74 Å². The number of hydrogen-bond donors (Lipinski definition) is 1. The Hall–Kier alpha value is -2.45. The van der Waals surface area contributed by atoms with Crippen LogP contribution in [0.3, 0.4) is 0 Å². The van der Waals surface area contributed by atoms with E-state index in [9.17, 15) is 17.6 Å². The van der Waals surface area contributed by atoms with Crippen LogP contribution < -0.4 is 10.1 Å². The number of benzene rings is 2. The Kier molecular flexibility index (Phi) is 6.31. The van der Waals surface area contributed by atoms with Crippen molar-refractivity contribution in [2.75, 3.05) is 25.0 Å². The number of amides is 1. The Morgan fingerprint density at radius 1 is 1.14 bits per heavy atom. The zero-order chi connectivity index (χ0) is 20.1. The lowest BCUT2D eigenvalue weighted by Crippen LogP contribution is -2.37. The van der Waals surface area contributed by atoms with E-state index in [-0.39, 0.29) is 17.2 Å². The Morgan fingerprint density at radius 2 is 1.79 bits per heavy atom. The molecule has 0 unspecified atom stereocenters. The van der Waals surface area contributed by atoms with Crippen molar-refractivity contribution in [3.63, 3.8) is 0 Å². The van der Waals surface area contributed by atoms with Crippen molar-refractivity contribution >= 4 is 21.6 Å². The number of piperidine rings is 1. The molecule has 0 aromatic heterocycles. The largest absolute Gasteiger partial charge is 0.484 e. The summed E-state index contributed by atoms with van der Waals surface area (Å²) in [5, 5.41) is 2.42. The molecule has 0 aliphatic carbocycles. The van der Waals surface area contributed by atoms with Crippen LogP contribution >= 0.6 is 0 Å². The molecule has 1 heterocycles. The highest BCUT2D eigenvalue weighted by atomic mass is 32.2. The first kappa shape index (κ1) is 20.3. The first-order valence-electron chi connectivity index (χ1n) is 9.13. The van der Waals surface area contributed by atoms with Gasteiger partial charge in [0.15, 0.2) is 6.61 Å². The lowest BCUT2D eigenvalue weighted by molar-refractivity contribution is -0.118. The van der Waals surface area contributed by atoms with Crippen molar-refractivity contribution in [1.29, 1.82) is 0 Å². The van der Waals surface area contributed by atoms with Gasteiger partial charge in [0.25, 0.3) is 5.91 Å². The fourth-order valence-corrected chi connectivity index (χ4v) is 4.45. The zero-order valence-electron chi connectivity index (χ0n) is 15.6. The quantitative estimate of drug-likeness (QED) is 0.799. The van der Waals surface area contributed by atoms with Crippen molar-refractivity contribution in [1.82, 2.24) is 4.31 Å². The summed E-state index contributed by atoms with van der Waals surface area (Å²) in [5.41, 5.74) is 0.0772. The summed E-state index contributed by atoms with van der Waals surface area (Å²) in [7, 11) is -3.52. The minimum atomic E-state index is -3.52. The predicted octanol–water partition coefficient (Wildman–Crippen LogP) is 3.26.